The van der Waals surface area contributed by atoms with Crippen LogP contribution in [0.25, 0.3) is 21.5 Å². The molecule has 31 heavy (non-hydrogen) atoms. The predicted molar refractivity (Wildman–Crippen MR) is 133 cm³/mol. The smallest absolute Gasteiger partial charge is 0.131 e. The number of hydrogen-bond acceptors (Lipinski definition) is 2. The molecule has 1 aliphatic rings. The van der Waals surface area contributed by atoms with Crippen molar-refractivity contribution in [2.24, 2.45) is 0 Å². The first kappa shape index (κ1) is 20.4. The Bertz CT molecular complexity index is 1260. The van der Waals surface area contributed by atoms with Crippen molar-refractivity contribution in [3.63, 3.8) is 0 Å². The number of halogens is 1. The molecule has 0 radical (unpaired) electrons. The Hall–Kier alpha value is -2.52. The number of rotatable bonds is 5. The zero-order chi connectivity index (χ0) is 21.4. The van der Waals surface area contributed by atoms with Crippen molar-refractivity contribution in [3.05, 3.63) is 81.8 Å². The minimum atomic E-state index is 0.610. The molecule has 158 valence electrons. The molecule has 0 spiro atoms. The molecule has 0 heterocycles. The SMILES string of the molecule is COc1cccc2c1c(OC)cc1c3c(ccc12)[C@H](CCc1cccc(Br)c1)CCC3. The van der Waals surface area contributed by atoms with Gasteiger partial charge in [0.25, 0.3) is 0 Å². The summed E-state index contributed by atoms with van der Waals surface area (Å²) in [7, 11) is 3.48. The number of benzene rings is 4. The molecule has 0 aliphatic heterocycles. The van der Waals surface area contributed by atoms with Gasteiger partial charge in [-0.25, -0.2) is 0 Å². The molecule has 4 aromatic carbocycles. The van der Waals surface area contributed by atoms with Crippen molar-refractivity contribution in [2.45, 2.75) is 38.0 Å². The van der Waals surface area contributed by atoms with Crippen LogP contribution in [-0.2, 0) is 12.8 Å². The lowest BCUT2D eigenvalue weighted by atomic mass is 9.77. The van der Waals surface area contributed by atoms with Crippen LogP contribution < -0.4 is 9.47 Å². The molecule has 2 nitrogen and oxygen atoms in total. The summed E-state index contributed by atoms with van der Waals surface area (Å²) in [6.45, 7) is 0. The third-order valence-corrected chi connectivity index (χ3v) is 7.25. The van der Waals surface area contributed by atoms with E-state index < -0.39 is 0 Å². The Morgan fingerprint density at radius 2 is 1.71 bits per heavy atom. The maximum atomic E-state index is 5.83. The van der Waals surface area contributed by atoms with Gasteiger partial charge in [0.05, 0.1) is 19.6 Å². The van der Waals surface area contributed by atoms with E-state index in [1.54, 1.807) is 14.2 Å². The Morgan fingerprint density at radius 1 is 0.871 bits per heavy atom. The van der Waals surface area contributed by atoms with Crippen molar-refractivity contribution in [3.8, 4) is 11.5 Å². The highest BCUT2D eigenvalue weighted by Crippen LogP contribution is 2.44. The van der Waals surface area contributed by atoms with Crippen LogP contribution in [0.2, 0.25) is 0 Å². The molecule has 5 rings (SSSR count). The summed E-state index contributed by atoms with van der Waals surface area (Å²) in [4.78, 5) is 0. The molecule has 4 aromatic rings. The topological polar surface area (TPSA) is 18.5 Å². The normalized spacial score (nSPS) is 15.8. The molecule has 0 N–H and O–H groups in total. The number of fused-ring (bicyclic) bond motifs is 5. The van der Waals surface area contributed by atoms with Crippen LogP contribution in [0.1, 0.15) is 41.9 Å². The summed E-state index contributed by atoms with van der Waals surface area (Å²) >= 11 is 3.60. The second-order valence-electron chi connectivity index (χ2n) is 8.45. The lowest BCUT2D eigenvalue weighted by Gasteiger charge is -2.27. The number of aryl methyl sites for hydroxylation is 2. The minimum absolute atomic E-state index is 0.610. The van der Waals surface area contributed by atoms with E-state index >= 15 is 0 Å². The summed E-state index contributed by atoms with van der Waals surface area (Å²) in [5.41, 5.74) is 4.44. The quantitative estimate of drug-likeness (QED) is 0.274. The van der Waals surface area contributed by atoms with E-state index in [1.807, 2.05) is 6.07 Å². The average Bonchev–Trinajstić information content (AvgIpc) is 2.81. The molecule has 0 saturated heterocycles. The fourth-order valence-electron chi connectivity index (χ4n) is 5.30. The minimum Gasteiger partial charge on any atom is -0.496 e. The van der Waals surface area contributed by atoms with Crippen molar-refractivity contribution >= 4 is 37.5 Å². The molecular weight excluding hydrogens is 448 g/mol. The monoisotopic (exact) mass is 474 g/mol. The zero-order valence-corrected chi connectivity index (χ0v) is 19.7. The summed E-state index contributed by atoms with van der Waals surface area (Å²) in [5.74, 6) is 2.37. The van der Waals surface area contributed by atoms with Crippen molar-refractivity contribution in [2.75, 3.05) is 14.2 Å². The maximum absolute atomic E-state index is 5.83. The summed E-state index contributed by atoms with van der Waals surface area (Å²) in [6, 6.07) is 21.9. The van der Waals surface area contributed by atoms with Gasteiger partial charge < -0.3 is 9.47 Å². The first-order valence-corrected chi connectivity index (χ1v) is 11.8. The van der Waals surface area contributed by atoms with Gasteiger partial charge in [-0.1, -0.05) is 52.3 Å². The van der Waals surface area contributed by atoms with Crippen molar-refractivity contribution < 1.29 is 9.47 Å². The van der Waals surface area contributed by atoms with Gasteiger partial charge in [0.15, 0.2) is 0 Å². The summed E-state index contributed by atoms with van der Waals surface area (Å²) in [5, 5.41) is 4.89. The van der Waals surface area contributed by atoms with Gasteiger partial charge >= 0.3 is 0 Å². The molecule has 0 saturated carbocycles. The number of ether oxygens (including phenoxy) is 2. The zero-order valence-electron chi connectivity index (χ0n) is 18.1. The third kappa shape index (κ3) is 3.70. The first-order valence-electron chi connectivity index (χ1n) is 11.0. The van der Waals surface area contributed by atoms with E-state index in [0.29, 0.717) is 5.92 Å². The van der Waals surface area contributed by atoms with Crippen LogP contribution in [0.15, 0.2) is 65.1 Å². The Kier molecular flexibility index (Phi) is 5.62. The second kappa shape index (κ2) is 8.55. The van der Waals surface area contributed by atoms with Crippen LogP contribution >= 0.6 is 15.9 Å². The van der Waals surface area contributed by atoms with Gasteiger partial charge in [-0.2, -0.15) is 0 Å². The van der Waals surface area contributed by atoms with Crippen LogP contribution in [0.5, 0.6) is 11.5 Å². The van der Waals surface area contributed by atoms with Crippen molar-refractivity contribution in [1.82, 2.24) is 0 Å². The molecule has 1 aliphatic carbocycles. The van der Waals surface area contributed by atoms with E-state index in [4.69, 9.17) is 9.47 Å². The number of hydrogen-bond donors (Lipinski definition) is 0. The van der Waals surface area contributed by atoms with Crippen LogP contribution in [0.4, 0.5) is 0 Å². The van der Waals surface area contributed by atoms with Gasteiger partial charge in [0.1, 0.15) is 11.5 Å². The molecule has 3 heteroatoms. The van der Waals surface area contributed by atoms with Gasteiger partial charge in [-0.15, -0.1) is 0 Å². The lowest BCUT2D eigenvalue weighted by molar-refractivity contribution is 0.405. The highest BCUT2D eigenvalue weighted by molar-refractivity contribution is 9.10. The second-order valence-corrected chi connectivity index (χ2v) is 9.36. The third-order valence-electron chi connectivity index (χ3n) is 6.76. The van der Waals surface area contributed by atoms with Crippen LogP contribution in [-0.4, -0.2) is 14.2 Å². The standard InChI is InChI=1S/C28H27BrO2/c1-30-26-11-5-10-24-23-15-14-21-19(13-12-18-6-3-8-20(29)16-18)7-4-9-22(21)25(23)17-27(31-2)28(24)26/h3,5-6,8,10-11,14-17,19H,4,7,9,12-13H2,1-2H3/t19-/m0/s1. The van der Waals surface area contributed by atoms with Gasteiger partial charge in [-0.3, -0.25) is 0 Å². The van der Waals surface area contributed by atoms with E-state index in [1.165, 1.54) is 52.1 Å². The van der Waals surface area contributed by atoms with Crippen LogP contribution in [0, 0.1) is 0 Å². The molecule has 0 fully saturated rings. The van der Waals surface area contributed by atoms with Crippen molar-refractivity contribution in [1.29, 1.82) is 0 Å². The average molecular weight is 475 g/mol. The Labute approximate surface area is 192 Å². The fourth-order valence-corrected chi connectivity index (χ4v) is 5.75. The highest BCUT2D eigenvalue weighted by atomic mass is 79.9. The molecular formula is C28H27BrO2. The van der Waals surface area contributed by atoms with E-state index in [2.05, 4.69) is 70.5 Å². The number of methoxy groups -OCH3 is 2. The van der Waals surface area contributed by atoms with E-state index in [0.717, 1.165) is 34.2 Å². The molecule has 0 unspecified atom stereocenters. The lowest BCUT2D eigenvalue weighted by Crippen LogP contribution is -2.11. The molecule has 0 amide bonds. The predicted octanol–water partition coefficient (Wildman–Crippen LogP) is 7.83. The largest absolute Gasteiger partial charge is 0.496 e. The summed E-state index contributed by atoms with van der Waals surface area (Å²) < 4.78 is 12.6. The summed E-state index contributed by atoms with van der Waals surface area (Å²) in [6.07, 6.45) is 5.95. The van der Waals surface area contributed by atoms with E-state index in [9.17, 15) is 0 Å². The Morgan fingerprint density at radius 3 is 2.52 bits per heavy atom. The van der Waals surface area contributed by atoms with Gasteiger partial charge in [0.2, 0.25) is 0 Å². The van der Waals surface area contributed by atoms with Gasteiger partial charge in [0, 0.05) is 4.47 Å². The fraction of sp³-hybridized carbons (Fsp3) is 0.286. The highest BCUT2D eigenvalue weighted by Gasteiger charge is 2.23. The van der Waals surface area contributed by atoms with E-state index in [-0.39, 0.29) is 0 Å². The van der Waals surface area contributed by atoms with Crippen LogP contribution in [0.3, 0.4) is 0 Å². The molecule has 1 atom stereocenters. The molecule has 0 aromatic heterocycles. The van der Waals surface area contributed by atoms with Gasteiger partial charge in [-0.05, 0) is 95.1 Å². The molecule has 0 bridgehead atoms. The maximum Gasteiger partial charge on any atom is 0.131 e. The first-order chi connectivity index (χ1) is 15.2. The Balaban J connectivity index is 1.59.